The summed E-state index contributed by atoms with van der Waals surface area (Å²) < 4.78 is 25.5. The topological polar surface area (TPSA) is 54.5 Å². The average molecular weight is 365 g/mol. The first-order chi connectivity index (χ1) is 12.4. The summed E-state index contributed by atoms with van der Waals surface area (Å²) in [6, 6.07) is 20.0. The van der Waals surface area contributed by atoms with Crippen LogP contribution >= 0.6 is 0 Å². The summed E-state index contributed by atoms with van der Waals surface area (Å²) in [5, 5.41) is 2.23. The van der Waals surface area contributed by atoms with Gasteiger partial charge in [-0.2, -0.15) is 0 Å². The Hall–Kier alpha value is -2.76. The van der Waals surface area contributed by atoms with Crippen molar-refractivity contribution < 1.29 is 13.2 Å². The third-order valence-corrected chi connectivity index (χ3v) is 5.91. The smallest absolute Gasteiger partial charge is 0.242 e. The highest BCUT2D eigenvalue weighted by atomic mass is 32.2. The lowest BCUT2D eigenvalue weighted by atomic mass is 10.1. The first-order valence-electron chi connectivity index (χ1n) is 8.12. The first-order valence-corrected chi connectivity index (χ1v) is 9.56. The quantitative estimate of drug-likeness (QED) is 0.507. The van der Waals surface area contributed by atoms with Crippen LogP contribution in [0.3, 0.4) is 0 Å². The van der Waals surface area contributed by atoms with Gasteiger partial charge in [-0.25, -0.2) is 12.7 Å². The van der Waals surface area contributed by atoms with E-state index in [9.17, 15) is 13.2 Å². The molecule has 3 rings (SSSR count). The van der Waals surface area contributed by atoms with E-state index in [1.54, 1.807) is 18.2 Å². The van der Waals surface area contributed by atoms with Gasteiger partial charge in [-0.05, 0) is 40.6 Å². The van der Waals surface area contributed by atoms with Crippen LogP contribution in [0.1, 0.15) is 15.9 Å². The molecule has 0 aromatic heterocycles. The van der Waals surface area contributed by atoms with Crippen molar-refractivity contribution in [1.82, 2.24) is 4.31 Å². The molecule has 26 heavy (non-hydrogen) atoms. The molecular formula is C21H19NO3S. The molecule has 3 aromatic carbocycles. The van der Waals surface area contributed by atoms with Crippen molar-refractivity contribution in [3.63, 3.8) is 0 Å². The highest BCUT2D eigenvalue weighted by molar-refractivity contribution is 7.89. The predicted octanol–water partition coefficient (Wildman–Crippen LogP) is 3.99. The molecule has 0 aliphatic rings. The van der Waals surface area contributed by atoms with Crippen molar-refractivity contribution in [3.8, 4) is 0 Å². The first kappa shape index (κ1) is 18.0. The fourth-order valence-electron chi connectivity index (χ4n) is 2.60. The zero-order valence-electron chi connectivity index (χ0n) is 14.6. The number of sulfonamides is 1. The Morgan fingerprint density at radius 2 is 1.62 bits per heavy atom. The number of carbonyl (C=O) groups is 1. The molecule has 0 saturated heterocycles. The molecular weight excluding hydrogens is 346 g/mol. The molecule has 0 aliphatic heterocycles. The molecule has 0 spiro atoms. The highest BCUT2D eigenvalue weighted by Gasteiger charge is 2.18. The molecule has 0 radical (unpaired) electrons. The van der Waals surface area contributed by atoms with Crippen molar-refractivity contribution in [2.75, 3.05) is 14.1 Å². The third-order valence-electron chi connectivity index (χ3n) is 4.10. The van der Waals surface area contributed by atoms with E-state index in [-0.39, 0.29) is 10.7 Å². The second-order valence-corrected chi connectivity index (χ2v) is 8.27. The summed E-state index contributed by atoms with van der Waals surface area (Å²) in [6.45, 7) is 0. The number of fused-ring (bicyclic) bond motifs is 1. The molecule has 0 fully saturated rings. The molecule has 0 unspecified atom stereocenters. The van der Waals surface area contributed by atoms with Crippen LogP contribution in [0.5, 0.6) is 0 Å². The second kappa shape index (κ2) is 7.23. The monoisotopic (exact) mass is 365 g/mol. The lowest BCUT2D eigenvalue weighted by molar-refractivity contribution is 0.104. The second-order valence-electron chi connectivity index (χ2n) is 6.12. The average Bonchev–Trinajstić information content (AvgIpc) is 2.66. The summed E-state index contributed by atoms with van der Waals surface area (Å²) in [7, 11) is -0.644. The molecule has 0 bridgehead atoms. The van der Waals surface area contributed by atoms with Crippen LogP contribution in [0, 0.1) is 0 Å². The van der Waals surface area contributed by atoms with E-state index < -0.39 is 10.0 Å². The van der Waals surface area contributed by atoms with Gasteiger partial charge in [0.15, 0.2) is 5.78 Å². The number of benzene rings is 3. The van der Waals surface area contributed by atoms with Gasteiger partial charge in [-0.15, -0.1) is 0 Å². The van der Waals surface area contributed by atoms with Crippen LogP contribution in [0.25, 0.3) is 16.8 Å². The molecule has 0 saturated carbocycles. The Labute approximate surface area is 153 Å². The van der Waals surface area contributed by atoms with Gasteiger partial charge in [0.1, 0.15) is 0 Å². The molecule has 3 aromatic rings. The van der Waals surface area contributed by atoms with Crippen LogP contribution in [0.2, 0.25) is 0 Å². The lowest BCUT2D eigenvalue weighted by Crippen LogP contribution is -2.22. The molecule has 0 heterocycles. The van der Waals surface area contributed by atoms with Crippen LogP contribution < -0.4 is 0 Å². The van der Waals surface area contributed by atoms with Gasteiger partial charge in [0.2, 0.25) is 10.0 Å². The van der Waals surface area contributed by atoms with Crippen molar-refractivity contribution in [2.45, 2.75) is 4.90 Å². The zero-order valence-corrected chi connectivity index (χ0v) is 15.4. The molecule has 0 atom stereocenters. The molecule has 0 amide bonds. The van der Waals surface area contributed by atoms with Gasteiger partial charge in [0, 0.05) is 19.7 Å². The lowest BCUT2D eigenvalue weighted by Gasteiger charge is -2.11. The third kappa shape index (κ3) is 3.74. The van der Waals surface area contributed by atoms with E-state index >= 15 is 0 Å². The Balaban J connectivity index is 1.86. The highest BCUT2D eigenvalue weighted by Crippen LogP contribution is 2.18. The maximum Gasteiger partial charge on any atom is 0.242 e. The standard InChI is InChI=1S/C21H19NO3S/c1-22(2)26(24,25)20-9-5-8-19(15-20)21(23)13-11-16-10-12-17-6-3-4-7-18(17)14-16/h3-15H,1-2H3/b13-11+. The van der Waals surface area contributed by atoms with Crippen molar-refractivity contribution in [1.29, 1.82) is 0 Å². The number of rotatable bonds is 5. The molecule has 0 N–H and O–H groups in total. The minimum atomic E-state index is -3.57. The summed E-state index contributed by atoms with van der Waals surface area (Å²) >= 11 is 0. The predicted molar refractivity (Wildman–Crippen MR) is 105 cm³/mol. The molecule has 5 heteroatoms. The van der Waals surface area contributed by atoms with Crippen LogP contribution in [0.4, 0.5) is 0 Å². The SMILES string of the molecule is CN(C)S(=O)(=O)c1cccc(C(=O)/C=C/c2ccc3ccccc3c2)c1. The maximum absolute atomic E-state index is 12.4. The summed E-state index contributed by atoms with van der Waals surface area (Å²) in [6.07, 6.45) is 3.20. The number of hydrogen-bond donors (Lipinski definition) is 0. The van der Waals surface area contributed by atoms with E-state index in [4.69, 9.17) is 0 Å². The van der Waals surface area contributed by atoms with Gasteiger partial charge in [0.25, 0.3) is 0 Å². The van der Waals surface area contributed by atoms with Crippen LogP contribution in [0.15, 0.2) is 77.7 Å². The van der Waals surface area contributed by atoms with E-state index in [1.807, 2.05) is 42.5 Å². The van der Waals surface area contributed by atoms with Gasteiger partial charge in [0.05, 0.1) is 4.90 Å². The molecule has 132 valence electrons. The van der Waals surface area contributed by atoms with Gasteiger partial charge in [-0.1, -0.05) is 54.6 Å². The van der Waals surface area contributed by atoms with Gasteiger partial charge in [-0.3, -0.25) is 4.79 Å². The van der Waals surface area contributed by atoms with Crippen molar-refractivity contribution >= 4 is 32.7 Å². The minimum absolute atomic E-state index is 0.104. The molecule has 4 nitrogen and oxygen atoms in total. The van der Waals surface area contributed by atoms with Crippen LogP contribution in [-0.2, 0) is 10.0 Å². The Morgan fingerprint density at radius 1 is 0.885 bits per heavy atom. The normalized spacial score (nSPS) is 12.1. The fraction of sp³-hybridized carbons (Fsp3) is 0.0952. The maximum atomic E-state index is 12.4. The van der Waals surface area contributed by atoms with Crippen LogP contribution in [-0.4, -0.2) is 32.6 Å². The molecule has 0 aliphatic carbocycles. The summed E-state index contributed by atoms with van der Waals surface area (Å²) in [4.78, 5) is 12.5. The minimum Gasteiger partial charge on any atom is -0.289 e. The summed E-state index contributed by atoms with van der Waals surface area (Å²) in [5.41, 5.74) is 1.25. The Morgan fingerprint density at radius 3 is 2.35 bits per heavy atom. The fourth-order valence-corrected chi connectivity index (χ4v) is 3.55. The largest absolute Gasteiger partial charge is 0.289 e. The van der Waals surface area contributed by atoms with Crippen molar-refractivity contribution in [2.24, 2.45) is 0 Å². The number of carbonyl (C=O) groups excluding carboxylic acids is 1. The number of hydrogen-bond acceptors (Lipinski definition) is 3. The van der Waals surface area contributed by atoms with E-state index in [0.29, 0.717) is 5.56 Å². The Bertz CT molecular complexity index is 1100. The summed E-state index contributed by atoms with van der Waals surface area (Å²) in [5.74, 6) is -0.242. The number of allylic oxidation sites excluding steroid dienone is 1. The number of nitrogens with zero attached hydrogens (tertiary/aromatic N) is 1. The van der Waals surface area contributed by atoms with Crippen molar-refractivity contribution in [3.05, 3.63) is 83.9 Å². The van der Waals surface area contributed by atoms with E-state index in [2.05, 4.69) is 0 Å². The number of ketones is 1. The Kier molecular flexibility index (Phi) is 5.02. The van der Waals surface area contributed by atoms with E-state index in [0.717, 1.165) is 20.6 Å². The van der Waals surface area contributed by atoms with Gasteiger partial charge < -0.3 is 0 Å². The zero-order chi connectivity index (χ0) is 18.7. The van der Waals surface area contributed by atoms with Gasteiger partial charge >= 0.3 is 0 Å². The van der Waals surface area contributed by atoms with E-state index in [1.165, 1.54) is 32.3 Å².